The van der Waals surface area contributed by atoms with Crippen LogP contribution in [0.2, 0.25) is 5.02 Å². The van der Waals surface area contributed by atoms with Crippen molar-refractivity contribution in [2.45, 2.75) is 36.9 Å². The maximum Gasteiger partial charge on any atom is 0.219 e. The molecule has 2 N–H and O–H groups in total. The van der Waals surface area contributed by atoms with Gasteiger partial charge in [-0.1, -0.05) is 66.8 Å². The molecule has 0 bridgehead atoms. The van der Waals surface area contributed by atoms with Crippen molar-refractivity contribution in [2.75, 3.05) is 10.7 Å². The number of nitrogens with two attached hydrogens (primary N) is 1. The van der Waals surface area contributed by atoms with Crippen LogP contribution in [0, 0.1) is 16.7 Å². The summed E-state index contributed by atoms with van der Waals surface area (Å²) in [5, 5.41) is 19.8. The van der Waals surface area contributed by atoms with E-state index >= 15 is 0 Å². The zero-order chi connectivity index (χ0) is 23.0. The predicted molar refractivity (Wildman–Crippen MR) is 129 cm³/mol. The molecule has 0 saturated carbocycles. The molecule has 0 radical (unpaired) electrons. The van der Waals surface area contributed by atoms with E-state index in [4.69, 9.17) is 17.3 Å². The third kappa shape index (κ3) is 4.08. The van der Waals surface area contributed by atoms with Gasteiger partial charge in [-0.15, -0.1) is 16.8 Å². The van der Waals surface area contributed by atoms with Crippen LogP contribution in [0.5, 0.6) is 0 Å². The van der Waals surface area contributed by atoms with Gasteiger partial charge in [-0.3, -0.25) is 9.69 Å². The number of benzene rings is 1. The first kappa shape index (κ1) is 22.6. The summed E-state index contributed by atoms with van der Waals surface area (Å²) in [5.41, 5.74) is 8.90. The highest BCUT2D eigenvalue weighted by atomic mass is 35.5. The molecule has 1 unspecified atom stereocenters. The van der Waals surface area contributed by atoms with Gasteiger partial charge in [0, 0.05) is 28.5 Å². The van der Waals surface area contributed by atoms with Crippen molar-refractivity contribution in [3.8, 4) is 6.07 Å². The number of halogens is 1. The Morgan fingerprint density at radius 3 is 2.75 bits per heavy atom. The summed E-state index contributed by atoms with van der Waals surface area (Å²) >= 11 is 8.99. The highest BCUT2D eigenvalue weighted by molar-refractivity contribution is 8.01. The van der Waals surface area contributed by atoms with Gasteiger partial charge in [0.15, 0.2) is 10.1 Å². The highest BCUT2D eigenvalue weighted by Crippen LogP contribution is 2.50. The molecule has 0 spiro atoms. The van der Waals surface area contributed by atoms with Gasteiger partial charge < -0.3 is 5.73 Å². The average Bonchev–Trinajstić information content (AvgIpc) is 3.19. The number of carbonyl (C=O) groups is 1. The van der Waals surface area contributed by atoms with E-state index < -0.39 is 5.92 Å². The number of aromatic nitrogens is 2. The molecule has 1 atom stereocenters. The number of rotatable bonds is 5. The van der Waals surface area contributed by atoms with Crippen molar-refractivity contribution in [2.24, 2.45) is 11.1 Å². The lowest BCUT2D eigenvalue weighted by Gasteiger charge is -2.42. The maximum atomic E-state index is 13.5. The fourth-order valence-electron chi connectivity index (χ4n) is 4.20. The van der Waals surface area contributed by atoms with Crippen molar-refractivity contribution in [3.05, 3.63) is 70.2 Å². The van der Waals surface area contributed by atoms with Gasteiger partial charge >= 0.3 is 0 Å². The van der Waals surface area contributed by atoms with Gasteiger partial charge in [0.2, 0.25) is 5.13 Å². The van der Waals surface area contributed by atoms with Crippen LogP contribution in [0.3, 0.4) is 0 Å². The van der Waals surface area contributed by atoms with Gasteiger partial charge in [0.1, 0.15) is 5.82 Å². The molecule has 9 heteroatoms. The van der Waals surface area contributed by atoms with Crippen molar-refractivity contribution < 1.29 is 4.79 Å². The lowest BCUT2D eigenvalue weighted by Crippen LogP contribution is -2.42. The Morgan fingerprint density at radius 1 is 1.38 bits per heavy atom. The van der Waals surface area contributed by atoms with E-state index in [2.05, 4.69) is 36.7 Å². The quantitative estimate of drug-likeness (QED) is 0.448. The molecule has 2 aliphatic rings. The van der Waals surface area contributed by atoms with Crippen molar-refractivity contribution in [1.29, 1.82) is 5.26 Å². The minimum Gasteiger partial charge on any atom is -0.384 e. The largest absolute Gasteiger partial charge is 0.384 e. The number of hydrogen-bond acceptors (Lipinski definition) is 8. The number of allylic oxidation sites excluding steroid dienone is 3. The van der Waals surface area contributed by atoms with E-state index in [-0.39, 0.29) is 17.0 Å². The van der Waals surface area contributed by atoms with Gasteiger partial charge in [-0.05, 0) is 29.5 Å². The molecular weight excluding hydrogens is 462 g/mol. The van der Waals surface area contributed by atoms with E-state index in [1.807, 2.05) is 12.1 Å². The minimum absolute atomic E-state index is 0.0206. The Kier molecular flexibility index (Phi) is 6.17. The number of nitriles is 1. The second kappa shape index (κ2) is 8.74. The van der Waals surface area contributed by atoms with E-state index in [0.717, 1.165) is 15.6 Å². The second-order valence-corrected chi connectivity index (χ2v) is 11.1. The lowest BCUT2D eigenvalue weighted by atomic mass is 9.69. The first-order valence-corrected chi connectivity index (χ1v) is 12.2. The molecule has 4 rings (SSSR count). The number of thioether (sulfide) groups is 1. The number of nitrogens with zero attached hydrogens (tertiary/aromatic N) is 4. The Hall–Kier alpha value is -2.60. The number of hydrogen-bond donors (Lipinski definition) is 1. The van der Waals surface area contributed by atoms with Gasteiger partial charge in [-0.25, -0.2) is 0 Å². The van der Waals surface area contributed by atoms with Crippen LogP contribution in [-0.4, -0.2) is 21.7 Å². The zero-order valence-electron chi connectivity index (χ0n) is 17.8. The summed E-state index contributed by atoms with van der Waals surface area (Å²) in [6.07, 6.45) is 2.83. The SMILES string of the molecule is C=CCSc1nnc(N2C(N)=C(C#N)C(c3ccc(Cl)cc3)C3=C2CC(C)(C)CC3=O)s1. The molecule has 0 saturated heterocycles. The molecule has 32 heavy (non-hydrogen) atoms. The topological polar surface area (TPSA) is 95.9 Å². The van der Waals surface area contributed by atoms with E-state index in [0.29, 0.717) is 39.9 Å². The molecule has 1 aromatic heterocycles. The fourth-order valence-corrected chi connectivity index (χ4v) is 5.97. The normalized spacial score (nSPS) is 20.2. The molecule has 2 aromatic rings. The van der Waals surface area contributed by atoms with E-state index in [1.54, 1.807) is 23.1 Å². The summed E-state index contributed by atoms with van der Waals surface area (Å²) in [5.74, 6) is 0.483. The zero-order valence-corrected chi connectivity index (χ0v) is 20.2. The third-order valence-electron chi connectivity index (χ3n) is 5.50. The predicted octanol–water partition coefficient (Wildman–Crippen LogP) is 5.41. The molecule has 164 valence electrons. The van der Waals surface area contributed by atoms with Gasteiger partial charge in [0.25, 0.3) is 0 Å². The second-order valence-electron chi connectivity index (χ2n) is 8.48. The van der Waals surface area contributed by atoms with Crippen molar-refractivity contribution in [3.63, 3.8) is 0 Å². The van der Waals surface area contributed by atoms with Crippen LogP contribution < -0.4 is 10.6 Å². The number of Topliss-reactive ketones (excluding diaryl/α,β-unsaturated/α-hetero) is 1. The summed E-state index contributed by atoms with van der Waals surface area (Å²) < 4.78 is 0.773. The molecule has 0 amide bonds. The molecule has 0 fully saturated rings. The van der Waals surface area contributed by atoms with Crippen molar-refractivity contribution >= 4 is 45.6 Å². The summed E-state index contributed by atoms with van der Waals surface area (Å²) in [7, 11) is 0. The molecule has 1 aliphatic heterocycles. The summed E-state index contributed by atoms with van der Waals surface area (Å²) in [6.45, 7) is 7.86. The van der Waals surface area contributed by atoms with E-state index in [1.165, 1.54) is 23.1 Å². The van der Waals surface area contributed by atoms with Crippen LogP contribution in [0.15, 0.2) is 63.9 Å². The summed E-state index contributed by atoms with van der Waals surface area (Å²) in [4.78, 5) is 15.2. The Balaban J connectivity index is 1.91. The van der Waals surface area contributed by atoms with Crippen LogP contribution in [0.25, 0.3) is 0 Å². The molecule has 6 nitrogen and oxygen atoms in total. The number of ketones is 1. The van der Waals surface area contributed by atoms with Crippen LogP contribution >= 0.6 is 34.7 Å². The Bertz CT molecular complexity index is 1190. The first-order chi connectivity index (χ1) is 15.3. The fraction of sp³-hybridized carbons (Fsp3) is 0.304. The monoisotopic (exact) mass is 483 g/mol. The molecule has 2 heterocycles. The summed E-state index contributed by atoms with van der Waals surface area (Å²) in [6, 6.07) is 9.49. The van der Waals surface area contributed by atoms with E-state index in [9.17, 15) is 10.1 Å². The lowest BCUT2D eigenvalue weighted by molar-refractivity contribution is -0.118. The molecule has 1 aliphatic carbocycles. The smallest absolute Gasteiger partial charge is 0.219 e. The van der Waals surface area contributed by atoms with Crippen molar-refractivity contribution in [1.82, 2.24) is 10.2 Å². The maximum absolute atomic E-state index is 13.5. The van der Waals surface area contributed by atoms with Crippen LogP contribution in [-0.2, 0) is 4.79 Å². The minimum atomic E-state index is -0.533. The Labute approximate surface area is 200 Å². The van der Waals surface area contributed by atoms with Gasteiger partial charge in [-0.2, -0.15) is 5.26 Å². The number of anilines is 1. The molecule has 1 aromatic carbocycles. The third-order valence-corrected chi connectivity index (χ3v) is 7.79. The standard InChI is InChI=1S/C23H22ClN5OS2/c1-4-9-31-22-28-27-21(32-22)29-16-10-23(2,3)11-17(30)19(16)18(15(12-25)20(29)26)13-5-7-14(24)8-6-13/h4-8,18H,1,9-11,26H2,2-3H3. The number of carbonyl (C=O) groups excluding carboxylic acids is 1. The first-order valence-electron chi connectivity index (χ1n) is 10.0. The van der Waals surface area contributed by atoms with Crippen LogP contribution in [0.1, 0.15) is 38.2 Å². The average molecular weight is 484 g/mol. The highest BCUT2D eigenvalue weighted by Gasteiger charge is 2.45. The van der Waals surface area contributed by atoms with Gasteiger partial charge in [0.05, 0.1) is 17.6 Å². The van der Waals surface area contributed by atoms with Crippen LogP contribution in [0.4, 0.5) is 5.13 Å². The molecular formula is C23H22ClN5OS2. The Morgan fingerprint density at radius 2 is 2.09 bits per heavy atom.